The molecule has 0 fully saturated rings. The van der Waals surface area contributed by atoms with Crippen LogP contribution in [0, 0.1) is 5.92 Å². The lowest BCUT2D eigenvalue weighted by molar-refractivity contribution is -0.128. The van der Waals surface area contributed by atoms with Crippen LogP contribution in [0.15, 0.2) is 35.5 Å². The first-order chi connectivity index (χ1) is 14.1. The molecule has 9 nitrogen and oxygen atoms in total. The van der Waals surface area contributed by atoms with E-state index >= 15 is 0 Å². The third-order valence-corrected chi connectivity index (χ3v) is 6.81. The average Bonchev–Trinajstić information content (AvgIpc) is 3.07. The molecule has 1 aromatic heterocycles. The van der Waals surface area contributed by atoms with Crippen molar-refractivity contribution >= 4 is 21.8 Å². The van der Waals surface area contributed by atoms with Crippen molar-refractivity contribution in [1.29, 1.82) is 0 Å². The van der Waals surface area contributed by atoms with Crippen molar-refractivity contribution < 1.29 is 18.0 Å². The molecule has 0 radical (unpaired) electrons. The minimum Gasteiger partial charge on any atom is -0.351 e. The maximum atomic E-state index is 13.3. The molecule has 1 aliphatic heterocycles. The van der Waals surface area contributed by atoms with Crippen LogP contribution in [0.4, 0.5) is 0 Å². The van der Waals surface area contributed by atoms with Crippen LogP contribution in [-0.2, 0) is 21.4 Å². The lowest BCUT2D eigenvalue weighted by Gasteiger charge is -2.21. The second-order valence-corrected chi connectivity index (χ2v) is 9.78. The monoisotopic (exact) mass is 433 g/mol. The molecular formula is C20H27N5O4S. The lowest BCUT2D eigenvalue weighted by atomic mass is 10.1. The maximum Gasteiger partial charge on any atom is 0.271 e. The predicted octanol–water partition coefficient (Wildman–Crippen LogP) is 1.24. The molecule has 0 aliphatic carbocycles. The molecular weight excluding hydrogens is 406 g/mol. The van der Waals surface area contributed by atoms with Gasteiger partial charge >= 0.3 is 0 Å². The van der Waals surface area contributed by atoms with E-state index in [1.807, 2.05) is 0 Å². The van der Waals surface area contributed by atoms with Crippen molar-refractivity contribution in [3.8, 4) is 5.69 Å². The van der Waals surface area contributed by atoms with Crippen LogP contribution >= 0.6 is 0 Å². The van der Waals surface area contributed by atoms with Crippen LogP contribution in [-0.4, -0.2) is 66.2 Å². The van der Waals surface area contributed by atoms with Crippen molar-refractivity contribution in [1.82, 2.24) is 24.1 Å². The number of carbonyl (C=O) groups is 2. The molecule has 30 heavy (non-hydrogen) atoms. The number of amides is 2. The quantitative estimate of drug-likeness (QED) is 0.738. The van der Waals surface area contributed by atoms with Gasteiger partial charge in [-0.15, -0.1) is 0 Å². The zero-order valence-electron chi connectivity index (χ0n) is 17.6. The number of nitrogens with one attached hydrogen (secondary N) is 1. The topological polar surface area (TPSA) is 105 Å². The molecule has 3 rings (SSSR count). The van der Waals surface area contributed by atoms with Gasteiger partial charge in [-0.05, 0) is 24.5 Å². The van der Waals surface area contributed by atoms with E-state index in [4.69, 9.17) is 0 Å². The number of rotatable bonds is 6. The molecule has 1 aromatic carbocycles. The molecule has 162 valence electrons. The van der Waals surface area contributed by atoms with E-state index < -0.39 is 10.0 Å². The Bertz CT molecular complexity index is 1060. The molecule has 0 unspecified atom stereocenters. The van der Waals surface area contributed by atoms with E-state index in [2.05, 4.69) is 24.1 Å². The summed E-state index contributed by atoms with van der Waals surface area (Å²) in [5, 5.41) is 2.85. The molecule has 1 aliphatic rings. The standard InChI is InChI=1S/C20H27N5O4S/c1-14(2)9-10-21-20(27)19-16-11-24(12-18(26)23(3)4)30(28,29)17-8-6-5-7-15(17)25(16)13-22-19/h5-8,13-14H,9-12H2,1-4H3,(H,21,27). The van der Waals surface area contributed by atoms with Gasteiger partial charge in [0, 0.05) is 20.6 Å². The van der Waals surface area contributed by atoms with Gasteiger partial charge in [-0.3, -0.25) is 14.2 Å². The number of fused-ring (bicyclic) bond motifs is 3. The summed E-state index contributed by atoms with van der Waals surface area (Å²) >= 11 is 0. The number of nitrogens with zero attached hydrogens (tertiary/aromatic N) is 4. The number of benzene rings is 1. The minimum absolute atomic E-state index is 0.0690. The Kier molecular flexibility index (Phi) is 6.27. The van der Waals surface area contributed by atoms with Crippen LogP contribution in [0.5, 0.6) is 0 Å². The van der Waals surface area contributed by atoms with Crippen molar-refractivity contribution in [3.05, 3.63) is 42.0 Å². The van der Waals surface area contributed by atoms with Gasteiger partial charge in [0.2, 0.25) is 15.9 Å². The van der Waals surface area contributed by atoms with E-state index in [1.165, 1.54) is 17.3 Å². The van der Waals surface area contributed by atoms with Crippen LogP contribution in [0.3, 0.4) is 0 Å². The van der Waals surface area contributed by atoms with Crippen LogP contribution in [0.2, 0.25) is 0 Å². The molecule has 2 aromatic rings. The van der Waals surface area contributed by atoms with Gasteiger partial charge in [-0.25, -0.2) is 13.4 Å². The molecule has 0 saturated heterocycles. The minimum atomic E-state index is -3.95. The largest absolute Gasteiger partial charge is 0.351 e. The van der Waals surface area contributed by atoms with Gasteiger partial charge in [0.1, 0.15) is 11.2 Å². The Morgan fingerprint density at radius 2 is 1.93 bits per heavy atom. The Morgan fingerprint density at radius 3 is 2.60 bits per heavy atom. The summed E-state index contributed by atoms with van der Waals surface area (Å²) in [6.45, 7) is 4.17. The summed E-state index contributed by atoms with van der Waals surface area (Å²) < 4.78 is 29.3. The van der Waals surface area contributed by atoms with Crippen molar-refractivity contribution in [2.75, 3.05) is 27.2 Å². The molecule has 0 bridgehead atoms. The van der Waals surface area contributed by atoms with Crippen LogP contribution < -0.4 is 5.32 Å². The number of aromatic nitrogens is 2. The summed E-state index contributed by atoms with van der Waals surface area (Å²) in [6, 6.07) is 6.51. The highest BCUT2D eigenvalue weighted by Gasteiger charge is 2.36. The number of likely N-dealkylation sites (N-methyl/N-ethyl adjacent to an activating group) is 1. The number of hydrogen-bond donors (Lipinski definition) is 1. The highest BCUT2D eigenvalue weighted by molar-refractivity contribution is 7.89. The number of sulfonamides is 1. The summed E-state index contributed by atoms with van der Waals surface area (Å²) in [4.78, 5) is 30.7. The Balaban J connectivity index is 2.05. The highest BCUT2D eigenvalue weighted by Crippen LogP contribution is 2.31. The van der Waals surface area contributed by atoms with E-state index in [0.717, 1.165) is 10.7 Å². The first-order valence-electron chi connectivity index (χ1n) is 9.77. The third-order valence-electron chi connectivity index (χ3n) is 4.97. The molecule has 10 heteroatoms. The SMILES string of the molecule is CC(C)CCNC(=O)c1ncn2c1CN(CC(=O)N(C)C)S(=O)(=O)c1ccccc1-2. The Hall–Kier alpha value is -2.72. The fourth-order valence-corrected chi connectivity index (χ4v) is 4.71. The van der Waals surface area contributed by atoms with E-state index in [1.54, 1.807) is 36.9 Å². The molecule has 1 N–H and O–H groups in total. The second-order valence-electron chi connectivity index (χ2n) is 7.88. The van der Waals surface area contributed by atoms with Gasteiger partial charge in [0.05, 0.1) is 24.5 Å². The van der Waals surface area contributed by atoms with E-state index in [0.29, 0.717) is 23.8 Å². The predicted molar refractivity (Wildman–Crippen MR) is 112 cm³/mol. The first kappa shape index (κ1) is 22.0. The number of imidazole rings is 1. The van der Waals surface area contributed by atoms with Crippen LogP contribution in [0.25, 0.3) is 5.69 Å². The number of para-hydroxylation sites is 1. The average molecular weight is 434 g/mol. The van der Waals surface area contributed by atoms with Gasteiger partial charge in [-0.1, -0.05) is 26.0 Å². The van der Waals surface area contributed by atoms with Crippen molar-refractivity contribution in [2.45, 2.75) is 31.7 Å². The van der Waals surface area contributed by atoms with Crippen molar-refractivity contribution in [2.24, 2.45) is 5.92 Å². The van der Waals surface area contributed by atoms with Crippen molar-refractivity contribution in [3.63, 3.8) is 0 Å². The summed E-state index contributed by atoms with van der Waals surface area (Å²) in [7, 11) is -0.815. The smallest absolute Gasteiger partial charge is 0.271 e. The van der Waals surface area contributed by atoms with E-state index in [-0.39, 0.29) is 35.5 Å². The zero-order valence-corrected chi connectivity index (χ0v) is 18.4. The highest BCUT2D eigenvalue weighted by atomic mass is 32.2. The van der Waals surface area contributed by atoms with Gasteiger partial charge in [-0.2, -0.15) is 4.31 Å². The molecule has 0 spiro atoms. The molecule has 0 saturated carbocycles. The van der Waals surface area contributed by atoms with Crippen LogP contribution in [0.1, 0.15) is 36.5 Å². The van der Waals surface area contributed by atoms with Gasteiger partial charge in [0.15, 0.2) is 5.69 Å². The first-order valence-corrected chi connectivity index (χ1v) is 11.2. The Labute approximate surface area is 176 Å². The molecule has 0 atom stereocenters. The number of hydrogen-bond acceptors (Lipinski definition) is 5. The fraction of sp³-hybridized carbons (Fsp3) is 0.450. The normalized spacial score (nSPS) is 15.2. The summed E-state index contributed by atoms with van der Waals surface area (Å²) in [5.41, 5.74) is 0.992. The fourth-order valence-electron chi connectivity index (χ4n) is 3.18. The van der Waals surface area contributed by atoms with Gasteiger partial charge in [0.25, 0.3) is 5.91 Å². The molecule has 2 heterocycles. The van der Waals surface area contributed by atoms with E-state index in [9.17, 15) is 18.0 Å². The number of carbonyl (C=O) groups excluding carboxylic acids is 2. The lowest BCUT2D eigenvalue weighted by Crippen LogP contribution is -2.39. The maximum absolute atomic E-state index is 13.3. The summed E-state index contributed by atoms with van der Waals surface area (Å²) in [6.07, 6.45) is 2.28. The van der Waals surface area contributed by atoms with Gasteiger partial charge < -0.3 is 10.2 Å². The zero-order chi connectivity index (χ0) is 22.1. The molecule has 2 amide bonds. The third kappa shape index (κ3) is 4.24. The summed E-state index contributed by atoms with van der Waals surface area (Å²) in [5.74, 6) is -0.277. The second kappa shape index (κ2) is 8.57. The Morgan fingerprint density at radius 1 is 1.23 bits per heavy atom.